The monoisotopic (exact) mass is 593 g/mol. The highest BCUT2D eigenvalue weighted by Crippen LogP contribution is 2.49. The Balaban J connectivity index is 1.69. The molecule has 0 unspecified atom stereocenters. The molecule has 1 aromatic heterocycles. The minimum absolute atomic E-state index is 0.0300. The lowest BCUT2D eigenvalue weighted by Gasteiger charge is -2.21. The minimum atomic E-state index is -0.882. The number of thiocarbonyl (C=S) groups is 1. The molecule has 0 atom stereocenters. The van der Waals surface area contributed by atoms with Crippen LogP contribution < -0.4 is 9.80 Å². The average Bonchev–Trinajstić information content (AvgIpc) is 3.60. The topological polar surface area (TPSA) is 122 Å². The van der Waals surface area contributed by atoms with Gasteiger partial charge in [0.05, 0.1) is 43.2 Å². The van der Waals surface area contributed by atoms with Gasteiger partial charge in [0, 0.05) is 33.8 Å². The first-order valence-electron chi connectivity index (χ1n) is 11.6. The number of ether oxygens (including phenoxy) is 1. The Morgan fingerprint density at radius 2 is 1.95 bits per heavy atom. The maximum absolute atomic E-state index is 13.5. The predicted molar refractivity (Wildman–Crippen MR) is 155 cm³/mol. The van der Waals surface area contributed by atoms with Crippen LogP contribution in [0.2, 0.25) is 0 Å². The van der Waals surface area contributed by atoms with Crippen molar-refractivity contribution in [3.05, 3.63) is 47.3 Å². The Morgan fingerprint density at radius 3 is 2.61 bits per heavy atom. The maximum atomic E-state index is 13.5. The second-order valence-corrected chi connectivity index (χ2v) is 11.1. The number of hydrogen-bond acceptors (Lipinski definition) is 10. The summed E-state index contributed by atoms with van der Waals surface area (Å²) >= 11 is 10.5. The number of aliphatic hydroxyl groups excluding tert-OH is 1. The van der Waals surface area contributed by atoms with E-state index in [4.69, 9.17) is 22.1 Å². The van der Waals surface area contributed by atoms with Crippen LogP contribution in [0, 0.1) is 0 Å². The third-order valence-corrected chi connectivity index (χ3v) is 8.93. The molecular formula is C24H27N5O5S4. The molecule has 202 valence electrons. The van der Waals surface area contributed by atoms with E-state index < -0.39 is 5.97 Å². The number of aromatic nitrogens is 2. The van der Waals surface area contributed by atoms with Crippen molar-refractivity contribution in [3.63, 3.8) is 0 Å². The summed E-state index contributed by atoms with van der Waals surface area (Å²) in [4.78, 5) is 33.2. The molecule has 0 radical (unpaired) electrons. The van der Waals surface area contributed by atoms with Crippen LogP contribution in [-0.2, 0) is 14.3 Å². The Labute approximate surface area is 238 Å². The summed E-state index contributed by atoms with van der Waals surface area (Å²) in [7, 11) is 0. The smallest absolute Gasteiger partial charge is 0.305 e. The summed E-state index contributed by atoms with van der Waals surface area (Å²) in [5, 5.41) is 26.2. The van der Waals surface area contributed by atoms with Gasteiger partial charge in [-0.25, -0.2) is 4.90 Å². The average molecular weight is 594 g/mol. The Kier molecular flexibility index (Phi) is 9.79. The largest absolute Gasteiger partial charge is 0.481 e. The van der Waals surface area contributed by atoms with Gasteiger partial charge in [-0.2, -0.15) is 5.10 Å². The van der Waals surface area contributed by atoms with E-state index >= 15 is 0 Å². The first kappa shape index (κ1) is 28.5. The fraction of sp³-hybridized carbons (Fsp3) is 0.333. The van der Waals surface area contributed by atoms with E-state index in [1.807, 2.05) is 23.5 Å². The van der Waals surface area contributed by atoms with Gasteiger partial charge in [-0.15, -0.1) is 23.5 Å². The number of rotatable bonds is 12. The van der Waals surface area contributed by atoms with Gasteiger partial charge in [0.25, 0.3) is 5.91 Å². The van der Waals surface area contributed by atoms with Gasteiger partial charge in [-0.1, -0.05) is 11.8 Å². The van der Waals surface area contributed by atoms with Crippen molar-refractivity contribution >= 4 is 76.0 Å². The zero-order chi connectivity index (χ0) is 27.2. The van der Waals surface area contributed by atoms with Crippen LogP contribution in [0.4, 0.5) is 11.5 Å². The van der Waals surface area contributed by atoms with Crippen molar-refractivity contribution in [1.29, 1.82) is 0 Å². The summed E-state index contributed by atoms with van der Waals surface area (Å²) in [5.74, 6) is -0.741. The lowest BCUT2D eigenvalue weighted by molar-refractivity contribution is -0.136. The minimum Gasteiger partial charge on any atom is -0.481 e. The van der Waals surface area contributed by atoms with Crippen LogP contribution >= 0.6 is 47.5 Å². The number of carbonyl (C=O) groups excluding carboxylic acids is 1. The molecular weight excluding hydrogens is 567 g/mol. The number of anilines is 2. The van der Waals surface area contributed by atoms with E-state index in [0.717, 1.165) is 25.4 Å². The molecule has 2 aliphatic rings. The highest BCUT2D eigenvalue weighted by molar-refractivity contribution is 8.04. The van der Waals surface area contributed by atoms with Crippen molar-refractivity contribution < 1.29 is 24.5 Å². The van der Waals surface area contributed by atoms with Gasteiger partial charge in [0.2, 0.25) is 0 Å². The number of H-pyrrole nitrogens is 1. The number of fused-ring (bicyclic) bond motifs is 1. The molecule has 3 heterocycles. The summed E-state index contributed by atoms with van der Waals surface area (Å²) < 4.78 is 5.42. The van der Waals surface area contributed by atoms with E-state index in [9.17, 15) is 14.7 Å². The quantitative estimate of drug-likeness (QED) is 0.144. The van der Waals surface area contributed by atoms with Crippen LogP contribution in [-0.4, -0.2) is 87.7 Å². The van der Waals surface area contributed by atoms with Gasteiger partial charge in [-0.3, -0.25) is 14.7 Å². The molecule has 3 N–H and O–H groups in total. The second kappa shape index (κ2) is 13.0. The van der Waals surface area contributed by atoms with Gasteiger partial charge >= 0.3 is 5.97 Å². The Morgan fingerprint density at radius 1 is 1.18 bits per heavy atom. The van der Waals surface area contributed by atoms with Crippen molar-refractivity contribution in [3.8, 4) is 0 Å². The van der Waals surface area contributed by atoms with E-state index in [2.05, 4.69) is 22.3 Å². The second-order valence-electron chi connectivity index (χ2n) is 7.98. The molecule has 0 spiro atoms. The molecule has 38 heavy (non-hydrogen) atoms. The van der Waals surface area contributed by atoms with E-state index in [1.54, 1.807) is 46.8 Å². The van der Waals surface area contributed by atoms with Crippen molar-refractivity contribution in [2.45, 2.75) is 21.1 Å². The molecule has 1 fully saturated rings. The van der Waals surface area contributed by atoms with E-state index in [1.165, 1.54) is 16.7 Å². The van der Waals surface area contributed by atoms with E-state index in [0.29, 0.717) is 24.6 Å². The highest BCUT2D eigenvalue weighted by atomic mass is 32.2. The van der Waals surface area contributed by atoms with Crippen molar-refractivity contribution in [2.75, 3.05) is 55.2 Å². The fourth-order valence-electron chi connectivity index (χ4n) is 3.97. The Hall–Kier alpha value is -2.49. The molecule has 14 heteroatoms. The number of thioether (sulfide) groups is 3. The standard InChI is InChI=1S/C24H27N5O5S4/c1-36-18-13-16-17(14-19(18)37-2)38-21(27(16)8-6-22(31)32)4-3-15-23(33)29(20-5-7-25-26-20)24(35)28(15)9-11-34-12-10-30/h3-5,7,13-14,30H,6,8-12H2,1-2H3,(H,25,26)(H,31,32)/b15-3-,21-4+. The molecule has 4 rings (SSSR count). The summed E-state index contributed by atoms with van der Waals surface area (Å²) in [6.45, 7) is 0.958. The molecule has 0 bridgehead atoms. The zero-order valence-corrected chi connectivity index (χ0v) is 24.0. The summed E-state index contributed by atoms with van der Waals surface area (Å²) in [5.41, 5.74) is 1.30. The van der Waals surface area contributed by atoms with Gasteiger partial charge in [-0.05, 0) is 49.0 Å². The van der Waals surface area contributed by atoms with Crippen molar-refractivity contribution in [2.24, 2.45) is 0 Å². The third kappa shape index (κ3) is 6.05. The maximum Gasteiger partial charge on any atom is 0.305 e. The predicted octanol–water partition coefficient (Wildman–Crippen LogP) is 3.61. The Bertz CT molecular complexity index is 1270. The lowest BCUT2D eigenvalue weighted by atomic mass is 10.2. The zero-order valence-electron chi connectivity index (χ0n) is 20.7. The summed E-state index contributed by atoms with van der Waals surface area (Å²) in [6, 6.07) is 5.88. The molecule has 1 aromatic carbocycles. The lowest BCUT2D eigenvalue weighted by Crippen LogP contribution is -2.34. The fourth-order valence-corrected chi connectivity index (χ4v) is 7.01. The number of allylic oxidation sites excluding steroid dienone is 2. The molecule has 10 nitrogen and oxygen atoms in total. The molecule has 2 aromatic rings. The number of aliphatic carboxylic acids is 1. The van der Waals surface area contributed by atoms with Gasteiger partial charge in [0.1, 0.15) is 11.5 Å². The summed E-state index contributed by atoms with van der Waals surface area (Å²) in [6.07, 6.45) is 9.11. The number of benzene rings is 1. The number of nitrogens with zero attached hydrogens (tertiary/aromatic N) is 4. The number of hydrogen-bond donors (Lipinski definition) is 3. The molecule has 0 aliphatic carbocycles. The number of carbonyl (C=O) groups is 2. The normalized spacial score (nSPS) is 17.4. The van der Waals surface area contributed by atoms with Crippen molar-refractivity contribution in [1.82, 2.24) is 15.1 Å². The van der Waals surface area contributed by atoms with Crippen LogP contribution in [0.5, 0.6) is 0 Å². The van der Waals surface area contributed by atoms with Crippen LogP contribution in [0.25, 0.3) is 0 Å². The van der Waals surface area contributed by atoms with E-state index in [-0.39, 0.29) is 37.3 Å². The number of carboxylic acids is 1. The molecule has 2 aliphatic heterocycles. The number of aromatic amines is 1. The first-order valence-corrected chi connectivity index (χ1v) is 15.3. The number of carboxylic acid groups (broad SMARTS) is 1. The molecule has 1 amide bonds. The van der Waals surface area contributed by atoms with Gasteiger partial charge in [0.15, 0.2) is 5.11 Å². The van der Waals surface area contributed by atoms with Crippen LogP contribution in [0.15, 0.2) is 62.0 Å². The van der Waals surface area contributed by atoms with Crippen LogP contribution in [0.1, 0.15) is 6.42 Å². The number of amides is 1. The highest BCUT2D eigenvalue weighted by Gasteiger charge is 2.39. The van der Waals surface area contributed by atoms with Crippen LogP contribution in [0.3, 0.4) is 0 Å². The SMILES string of the molecule is CSc1cc2c(cc1SC)N(CCC(=O)O)/C(=C\C=C1\C(=O)N(c3ccn[nH]3)C(=S)N1CCOCCO)S2. The third-order valence-electron chi connectivity index (χ3n) is 5.73. The molecule has 1 saturated heterocycles. The number of nitrogens with one attached hydrogen (secondary N) is 1. The first-order chi connectivity index (χ1) is 18.4. The van der Waals surface area contributed by atoms with Gasteiger partial charge < -0.3 is 24.7 Å². The number of aliphatic hydroxyl groups is 1. The molecule has 0 saturated carbocycles.